The fraction of sp³-hybridized carbons (Fsp3) is 0.818. The van der Waals surface area contributed by atoms with Crippen molar-refractivity contribution in [2.24, 2.45) is 5.73 Å². The average molecular weight is 221 g/mol. The fourth-order valence-electron chi connectivity index (χ4n) is 2.71. The van der Waals surface area contributed by atoms with Crippen LogP contribution < -0.4 is 11.1 Å². The summed E-state index contributed by atoms with van der Waals surface area (Å²) in [6.45, 7) is 2.04. The molecule has 0 aromatic carbocycles. The minimum atomic E-state index is 0.277. The Balaban J connectivity index is 1.77. The Morgan fingerprint density at radius 3 is 3.12 bits per heavy atom. The van der Waals surface area contributed by atoms with Crippen molar-refractivity contribution in [3.8, 4) is 0 Å². The normalized spacial score (nSPS) is 29.3. The lowest BCUT2D eigenvalue weighted by Crippen LogP contribution is -2.34. The summed E-state index contributed by atoms with van der Waals surface area (Å²) in [5.74, 6) is 2.24. The predicted octanol–water partition coefficient (Wildman–Crippen LogP) is -0.154. The summed E-state index contributed by atoms with van der Waals surface area (Å²) in [5.41, 5.74) is 5.99. The second-order valence-corrected chi connectivity index (χ2v) is 4.94. The number of fused-ring (bicyclic) bond motifs is 1. The molecule has 0 spiro atoms. The van der Waals surface area contributed by atoms with Gasteiger partial charge in [-0.3, -0.25) is 0 Å². The molecule has 5 heteroatoms. The highest BCUT2D eigenvalue weighted by Crippen LogP contribution is 2.17. The van der Waals surface area contributed by atoms with Crippen LogP contribution in [-0.2, 0) is 19.4 Å². The van der Waals surface area contributed by atoms with E-state index in [1.165, 1.54) is 12.8 Å². The number of aryl methyl sites for hydroxylation is 1. The zero-order valence-electron chi connectivity index (χ0n) is 9.52. The van der Waals surface area contributed by atoms with Gasteiger partial charge in [-0.15, -0.1) is 10.2 Å². The summed E-state index contributed by atoms with van der Waals surface area (Å²) in [6, 6.07) is 0.866. The minimum absolute atomic E-state index is 0.277. The van der Waals surface area contributed by atoms with Crippen molar-refractivity contribution in [3.63, 3.8) is 0 Å². The van der Waals surface area contributed by atoms with Crippen LogP contribution in [0.2, 0.25) is 0 Å². The SMILES string of the molecule is NC1CCc2nnc(CC3CCCN3)n2C1. The second-order valence-electron chi connectivity index (χ2n) is 4.94. The maximum absolute atomic E-state index is 5.99. The van der Waals surface area contributed by atoms with Crippen LogP contribution in [-0.4, -0.2) is 33.4 Å². The average Bonchev–Trinajstić information content (AvgIpc) is 2.90. The summed E-state index contributed by atoms with van der Waals surface area (Å²) in [4.78, 5) is 0. The van der Waals surface area contributed by atoms with E-state index in [2.05, 4.69) is 20.1 Å². The van der Waals surface area contributed by atoms with Gasteiger partial charge >= 0.3 is 0 Å². The third-order valence-corrected chi connectivity index (χ3v) is 3.65. The Morgan fingerprint density at radius 1 is 1.38 bits per heavy atom. The first kappa shape index (κ1) is 10.2. The van der Waals surface area contributed by atoms with Gasteiger partial charge in [0, 0.05) is 31.5 Å². The zero-order valence-corrected chi connectivity index (χ0v) is 9.52. The highest BCUT2D eigenvalue weighted by atomic mass is 15.3. The zero-order chi connectivity index (χ0) is 11.0. The Labute approximate surface area is 95.4 Å². The fourth-order valence-corrected chi connectivity index (χ4v) is 2.71. The Kier molecular flexibility index (Phi) is 2.65. The van der Waals surface area contributed by atoms with Gasteiger partial charge < -0.3 is 15.6 Å². The van der Waals surface area contributed by atoms with Gasteiger partial charge in [0.25, 0.3) is 0 Å². The molecule has 3 heterocycles. The molecular formula is C11H19N5. The van der Waals surface area contributed by atoms with Gasteiger partial charge in [-0.1, -0.05) is 0 Å². The Morgan fingerprint density at radius 2 is 2.31 bits per heavy atom. The van der Waals surface area contributed by atoms with E-state index in [0.29, 0.717) is 6.04 Å². The van der Waals surface area contributed by atoms with Crippen LogP contribution >= 0.6 is 0 Å². The van der Waals surface area contributed by atoms with E-state index < -0.39 is 0 Å². The number of hydrogen-bond acceptors (Lipinski definition) is 4. The molecule has 0 amide bonds. The van der Waals surface area contributed by atoms with Crippen LogP contribution in [0.1, 0.15) is 30.9 Å². The summed E-state index contributed by atoms with van der Waals surface area (Å²) in [6.07, 6.45) is 5.56. The van der Waals surface area contributed by atoms with Crippen LogP contribution in [0.3, 0.4) is 0 Å². The number of hydrogen-bond donors (Lipinski definition) is 2. The van der Waals surface area contributed by atoms with E-state index in [1.807, 2.05) is 0 Å². The maximum atomic E-state index is 5.99. The lowest BCUT2D eigenvalue weighted by Gasteiger charge is -2.21. The first-order valence-corrected chi connectivity index (χ1v) is 6.23. The van der Waals surface area contributed by atoms with Crippen molar-refractivity contribution in [2.45, 2.75) is 50.7 Å². The highest BCUT2D eigenvalue weighted by molar-refractivity contribution is 5.03. The molecule has 88 valence electrons. The van der Waals surface area contributed by atoms with E-state index in [9.17, 15) is 0 Å². The molecule has 0 saturated carbocycles. The van der Waals surface area contributed by atoms with Crippen molar-refractivity contribution in [2.75, 3.05) is 6.54 Å². The van der Waals surface area contributed by atoms with E-state index in [1.54, 1.807) is 0 Å². The molecule has 3 rings (SSSR count). The van der Waals surface area contributed by atoms with E-state index in [-0.39, 0.29) is 6.04 Å². The quantitative estimate of drug-likeness (QED) is 0.728. The predicted molar refractivity (Wildman–Crippen MR) is 61.0 cm³/mol. The molecule has 2 atom stereocenters. The largest absolute Gasteiger partial charge is 0.326 e. The smallest absolute Gasteiger partial charge is 0.134 e. The van der Waals surface area contributed by atoms with Crippen molar-refractivity contribution in [3.05, 3.63) is 11.6 Å². The molecule has 1 aromatic rings. The van der Waals surface area contributed by atoms with Crippen molar-refractivity contribution in [1.82, 2.24) is 20.1 Å². The van der Waals surface area contributed by atoms with Gasteiger partial charge in [0.05, 0.1) is 0 Å². The minimum Gasteiger partial charge on any atom is -0.326 e. The lowest BCUT2D eigenvalue weighted by atomic mass is 10.1. The summed E-state index contributed by atoms with van der Waals surface area (Å²) < 4.78 is 2.23. The van der Waals surface area contributed by atoms with Gasteiger partial charge in [-0.25, -0.2) is 0 Å². The molecule has 2 aliphatic heterocycles. The molecule has 1 fully saturated rings. The first-order chi connectivity index (χ1) is 7.83. The standard InChI is InChI=1S/C11H19N5/c12-8-3-4-10-14-15-11(16(10)7-8)6-9-2-1-5-13-9/h8-9,13H,1-7,12H2. The van der Waals surface area contributed by atoms with Crippen molar-refractivity contribution in [1.29, 1.82) is 0 Å². The lowest BCUT2D eigenvalue weighted by molar-refractivity contribution is 0.436. The van der Waals surface area contributed by atoms with E-state index >= 15 is 0 Å². The van der Waals surface area contributed by atoms with Gasteiger partial charge in [0.15, 0.2) is 0 Å². The van der Waals surface area contributed by atoms with Crippen LogP contribution in [0.25, 0.3) is 0 Å². The summed E-state index contributed by atoms with van der Waals surface area (Å²) in [5, 5.41) is 12.1. The van der Waals surface area contributed by atoms with Crippen LogP contribution in [0.5, 0.6) is 0 Å². The third-order valence-electron chi connectivity index (χ3n) is 3.65. The maximum Gasteiger partial charge on any atom is 0.134 e. The molecule has 0 bridgehead atoms. The Bertz CT molecular complexity index is 366. The van der Waals surface area contributed by atoms with Crippen molar-refractivity contribution < 1.29 is 0 Å². The van der Waals surface area contributed by atoms with Gasteiger partial charge in [-0.2, -0.15) is 0 Å². The molecular weight excluding hydrogens is 202 g/mol. The topological polar surface area (TPSA) is 68.8 Å². The monoisotopic (exact) mass is 221 g/mol. The molecule has 2 aliphatic rings. The van der Waals surface area contributed by atoms with Crippen LogP contribution in [0, 0.1) is 0 Å². The summed E-state index contributed by atoms with van der Waals surface area (Å²) >= 11 is 0. The van der Waals surface area contributed by atoms with Crippen LogP contribution in [0.4, 0.5) is 0 Å². The molecule has 0 radical (unpaired) electrons. The van der Waals surface area contributed by atoms with E-state index in [4.69, 9.17) is 5.73 Å². The van der Waals surface area contributed by atoms with Gasteiger partial charge in [-0.05, 0) is 25.8 Å². The van der Waals surface area contributed by atoms with Crippen molar-refractivity contribution >= 4 is 0 Å². The van der Waals surface area contributed by atoms with Gasteiger partial charge in [0.2, 0.25) is 0 Å². The molecule has 1 saturated heterocycles. The highest BCUT2D eigenvalue weighted by Gasteiger charge is 2.23. The molecule has 5 nitrogen and oxygen atoms in total. The van der Waals surface area contributed by atoms with E-state index in [0.717, 1.165) is 44.0 Å². The molecule has 2 unspecified atom stereocenters. The number of rotatable bonds is 2. The summed E-state index contributed by atoms with van der Waals surface area (Å²) in [7, 11) is 0. The third kappa shape index (κ3) is 1.85. The second kappa shape index (κ2) is 4.14. The molecule has 1 aromatic heterocycles. The Hall–Kier alpha value is -0.940. The van der Waals surface area contributed by atoms with Crippen LogP contribution in [0.15, 0.2) is 0 Å². The first-order valence-electron chi connectivity index (χ1n) is 6.23. The molecule has 0 aliphatic carbocycles. The number of nitrogens with one attached hydrogen (secondary N) is 1. The molecule has 3 N–H and O–H groups in total. The van der Waals surface area contributed by atoms with Gasteiger partial charge in [0.1, 0.15) is 11.6 Å². The molecule has 16 heavy (non-hydrogen) atoms. The number of nitrogens with zero attached hydrogens (tertiary/aromatic N) is 3. The number of nitrogens with two attached hydrogens (primary N) is 1. The number of aromatic nitrogens is 3.